The highest BCUT2D eigenvalue weighted by molar-refractivity contribution is 6.76. The average Bonchev–Trinajstić information content (AvgIpc) is 3.32. The molecule has 2 N–H and O–H groups in total. The second-order valence-electron chi connectivity index (χ2n) is 11.4. The summed E-state index contributed by atoms with van der Waals surface area (Å²) in [6.45, 7) is 13.8. The Morgan fingerprint density at radius 3 is 2.68 bits per heavy atom. The maximum atomic E-state index is 6.15. The van der Waals surface area contributed by atoms with E-state index in [1.165, 1.54) is 0 Å². The molecule has 10 nitrogen and oxygen atoms in total. The molecule has 0 unspecified atom stereocenters. The molecule has 1 aromatic carbocycles. The zero-order valence-electron chi connectivity index (χ0n) is 24.1. The third-order valence-corrected chi connectivity index (χ3v) is 8.81. The summed E-state index contributed by atoms with van der Waals surface area (Å²) in [7, 11) is -1.20. The molecule has 0 saturated carbocycles. The van der Waals surface area contributed by atoms with E-state index in [1.54, 1.807) is 0 Å². The maximum Gasteiger partial charge on any atom is 0.224 e. The van der Waals surface area contributed by atoms with E-state index < -0.39 is 8.07 Å². The maximum absolute atomic E-state index is 6.15. The standard InChI is InChI=1S/C29H39ClN8O2Si/c1-41(2,3)17-16-40-21-38-28-24(20-33-29(35-28)31-10-11-37-12-14-39-15-13-37)27(36-38)25-8-5-9-26(34-25)32-19-22-6-4-7-23(30)18-22/h4-9,18,20H,10-17,19,21H2,1-3H3,(H,32,34)(H,31,33,35). The van der Waals surface area contributed by atoms with Crippen LogP contribution in [-0.2, 0) is 22.7 Å². The van der Waals surface area contributed by atoms with Crippen molar-refractivity contribution in [2.75, 3.05) is 56.6 Å². The van der Waals surface area contributed by atoms with Crippen LogP contribution >= 0.6 is 11.6 Å². The van der Waals surface area contributed by atoms with Crippen LogP contribution in [0.2, 0.25) is 30.7 Å². The van der Waals surface area contributed by atoms with E-state index in [9.17, 15) is 0 Å². The van der Waals surface area contributed by atoms with E-state index >= 15 is 0 Å². The molecular weight excluding hydrogens is 556 g/mol. The number of hydrogen-bond donors (Lipinski definition) is 2. The SMILES string of the molecule is C[Si](C)(C)CCOCn1nc(-c2cccc(NCc3cccc(Cl)c3)n2)c2cnc(NCCN3CCOCC3)nc21. The smallest absolute Gasteiger partial charge is 0.224 e. The van der Waals surface area contributed by atoms with Crippen molar-refractivity contribution in [3.05, 3.63) is 59.2 Å². The van der Waals surface area contributed by atoms with E-state index in [4.69, 9.17) is 36.1 Å². The molecule has 1 aliphatic rings. The van der Waals surface area contributed by atoms with Crippen LogP contribution in [0.4, 0.5) is 11.8 Å². The average molecular weight is 595 g/mol. The van der Waals surface area contributed by atoms with Gasteiger partial charge in [0.2, 0.25) is 5.95 Å². The number of morpholine rings is 1. The number of benzene rings is 1. The van der Waals surface area contributed by atoms with Gasteiger partial charge in [0.05, 0.1) is 24.3 Å². The lowest BCUT2D eigenvalue weighted by molar-refractivity contribution is 0.0398. The summed E-state index contributed by atoms with van der Waals surface area (Å²) in [5.74, 6) is 1.32. The molecule has 5 rings (SSSR count). The number of rotatable bonds is 13. The van der Waals surface area contributed by atoms with Crippen molar-refractivity contribution in [3.8, 4) is 11.4 Å². The van der Waals surface area contributed by atoms with Gasteiger partial charge < -0.3 is 20.1 Å². The van der Waals surface area contributed by atoms with E-state index in [1.807, 2.05) is 53.3 Å². The van der Waals surface area contributed by atoms with Crippen LogP contribution in [-0.4, -0.2) is 83.7 Å². The van der Waals surface area contributed by atoms with Crippen molar-refractivity contribution < 1.29 is 9.47 Å². The lowest BCUT2D eigenvalue weighted by Gasteiger charge is -2.26. The van der Waals surface area contributed by atoms with Crippen LogP contribution in [0, 0.1) is 0 Å². The van der Waals surface area contributed by atoms with Gasteiger partial charge in [-0.1, -0.05) is 49.4 Å². The first kappa shape index (κ1) is 29.4. The minimum atomic E-state index is -1.20. The van der Waals surface area contributed by atoms with Gasteiger partial charge in [0.15, 0.2) is 5.65 Å². The van der Waals surface area contributed by atoms with Crippen molar-refractivity contribution in [2.24, 2.45) is 0 Å². The topological polar surface area (TPSA) is 102 Å². The molecule has 0 atom stereocenters. The van der Waals surface area contributed by atoms with Gasteiger partial charge in [-0.3, -0.25) is 4.90 Å². The summed E-state index contributed by atoms with van der Waals surface area (Å²) in [5.41, 5.74) is 3.26. The number of aromatic nitrogens is 5. The molecule has 1 fully saturated rings. The van der Waals surface area contributed by atoms with Crippen molar-refractivity contribution in [3.63, 3.8) is 0 Å². The summed E-state index contributed by atoms with van der Waals surface area (Å²) in [6, 6.07) is 14.7. The predicted molar refractivity (Wildman–Crippen MR) is 167 cm³/mol. The molecule has 0 amide bonds. The van der Waals surface area contributed by atoms with Crippen molar-refractivity contribution >= 4 is 42.5 Å². The molecule has 41 heavy (non-hydrogen) atoms. The third-order valence-electron chi connectivity index (χ3n) is 6.87. The molecule has 4 heterocycles. The summed E-state index contributed by atoms with van der Waals surface area (Å²) in [5, 5.41) is 13.2. The number of nitrogens with one attached hydrogen (secondary N) is 2. The fourth-order valence-corrected chi connectivity index (χ4v) is 5.48. The first-order valence-electron chi connectivity index (χ1n) is 14.2. The highest BCUT2D eigenvalue weighted by Gasteiger charge is 2.18. The summed E-state index contributed by atoms with van der Waals surface area (Å²) in [6.07, 6.45) is 1.83. The highest BCUT2D eigenvalue weighted by Crippen LogP contribution is 2.27. The zero-order chi connectivity index (χ0) is 28.7. The molecule has 1 saturated heterocycles. The zero-order valence-corrected chi connectivity index (χ0v) is 25.8. The van der Waals surface area contributed by atoms with Gasteiger partial charge >= 0.3 is 0 Å². The number of hydrogen-bond acceptors (Lipinski definition) is 9. The van der Waals surface area contributed by atoms with Crippen molar-refractivity contribution in [1.29, 1.82) is 0 Å². The van der Waals surface area contributed by atoms with Gasteiger partial charge in [0.1, 0.15) is 18.2 Å². The van der Waals surface area contributed by atoms with Gasteiger partial charge in [0.25, 0.3) is 0 Å². The molecule has 218 valence electrons. The first-order chi connectivity index (χ1) is 19.8. The second kappa shape index (κ2) is 13.7. The van der Waals surface area contributed by atoms with E-state index in [2.05, 4.69) is 40.2 Å². The van der Waals surface area contributed by atoms with Crippen LogP contribution in [0.5, 0.6) is 0 Å². The normalized spacial score (nSPS) is 14.4. The molecule has 3 aromatic heterocycles. The van der Waals surface area contributed by atoms with Gasteiger partial charge in [0, 0.05) is 58.6 Å². The number of anilines is 2. The fraction of sp³-hybridized carbons (Fsp3) is 0.448. The second-order valence-corrected chi connectivity index (χ2v) is 17.5. The Hall–Kier alpha value is -3.09. The Morgan fingerprint density at radius 2 is 1.88 bits per heavy atom. The monoisotopic (exact) mass is 594 g/mol. The molecule has 0 spiro atoms. The predicted octanol–water partition coefficient (Wildman–Crippen LogP) is 5.21. The van der Waals surface area contributed by atoms with Crippen molar-refractivity contribution in [1.82, 2.24) is 29.6 Å². The number of fused-ring (bicyclic) bond motifs is 1. The minimum absolute atomic E-state index is 0.317. The highest BCUT2D eigenvalue weighted by atomic mass is 35.5. The Labute approximate surface area is 247 Å². The Bertz CT molecular complexity index is 1440. The van der Waals surface area contributed by atoms with Crippen LogP contribution < -0.4 is 10.6 Å². The number of pyridine rings is 1. The Morgan fingerprint density at radius 1 is 1.05 bits per heavy atom. The van der Waals surface area contributed by atoms with Crippen LogP contribution in [0.1, 0.15) is 5.56 Å². The van der Waals surface area contributed by atoms with Gasteiger partial charge in [-0.25, -0.2) is 14.6 Å². The first-order valence-corrected chi connectivity index (χ1v) is 18.2. The van der Waals surface area contributed by atoms with Crippen LogP contribution in [0.25, 0.3) is 22.4 Å². The quantitative estimate of drug-likeness (QED) is 0.159. The Balaban J connectivity index is 1.34. The van der Waals surface area contributed by atoms with Crippen molar-refractivity contribution in [2.45, 2.75) is 39.0 Å². The third kappa shape index (κ3) is 8.46. The van der Waals surface area contributed by atoms with E-state index in [0.29, 0.717) is 30.9 Å². The molecule has 0 aliphatic carbocycles. The van der Waals surface area contributed by atoms with Gasteiger partial charge in [-0.2, -0.15) is 10.1 Å². The lowest BCUT2D eigenvalue weighted by atomic mass is 10.2. The lowest BCUT2D eigenvalue weighted by Crippen LogP contribution is -2.39. The molecular formula is C29H39ClN8O2Si. The molecule has 0 bridgehead atoms. The Kier molecular flexibility index (Phi) is 9.83. The largest absolute Gasteiger partial charge is 0.379 e. The summed E-state index contributed by atoms with van der Waals surface area (Å²) < 4.78 is 13.3. The molecule has 0 radical (unpaired) electrons. The number of ether oxygens (including phenoxy) is 2. The van der Waals surface area contributed by atoms with Crippen LogP contribution in [0.15, 0.2) is 48.7 Å². The summed E-state index contributed by atoms with van der Waals surface area (Å²) >= 11 is 6.15. The van der Waals surface area contributed by atoms with E-state index in [0.717, 1.165) is 79.2 Å². The number of halogens is 1. The van der Waals surface area contributed by atoms with E-state index in [-0.39, 0.29) is 0 Å². The molecule has 12 heteroatoms. The molecule has 1 aliphatic heterocycles. The molecule has 4 aromatic rings. The van der Waals surface area contributed by atoms with Crippen LogP contribution in [0.3, 0.4) is 0 Å². The fourth-order valence-electron chi connectivity index (χ4n) is 4.51. The van der Waals surface area contributed by atoms with Gasteiger partial charge in [-0.15, -0.1) is 0 Å². The minimum Gasteiger partial charge on any atom is -0.379 e. The van der Waals surface area contributed by atoms with Gasteiger partial charge in [-0.05, 0) is 35.9 Å². The number of nitrogens with zero attached hydrogens (tertiary/aromatic N) is 6. The summed E-state index contributed by atoms with van der Waals surface area (Å²) in [4.78, 5) is 16.7.